The first-order valence-electron chi connectivity index (χ1n) is 9.26. The quantitative estimate of drug-likeness (QED) is 0.459. The van der Waals surface area contributed by atoms with Crippen LogP contribution in [0.1, 0.15) is 27.0 Å². The molecule has 30 heavy (non-hydrogen) atoms. The van der Waals surface area contributed by atoms with E-state index in [0.29, 0.717) is 5.69 Å². The van der Waals surface area contributed by atoms with Gasteiger partial charge in [0.1, 0.15) is 5.65 Å². The Bertz CT molecular complexity index is 1260. The Morgan fingerprint density at radius 3 is 2.60 bits per heavy atom. The fraction of sp³-hybridized carbons (Fsp3) is 0.130. The molecule has 4 nitrogen and oxygen atoms in total. The van der Waals surface area contributed by atoms with Crippen LogP contribution in [-0.2, 0) is 6.18 Å². The SMILES string of the molecule is Cc1ccn2cc(-c3ccc(C)c(NC(=O)c4cccc(C(F)(F)F)c4)c3)nc2c1. The van der Waals surface area contributed by atoms with Crippen molar-refractivity contribution in [3.8, 4) is 11.3 Å². The minimum atomic E-state index is -4.51. The summed E-state index contributed by atoms with van der Waals surface area (Å²) in [6.07, 6.45) is -0.697. The first-order valence-corrected chi connectivity index (χ1v) is 9.26. The smallest absolute Gasteiger partial charge is 0.322 e. The number of halogens is 3. The van der Waals surface area contributed by atoms with Crippen LogP contribution in [0.15, 0.2) is 67.0 Å². The Hall–Kier alpha value is -3.61. The highest BCUT2D eigenvalue weighted by molar-refractivity contribution is 6.05. The number of carbonyl (C=O) groups is 1. The number of aryl methyl sites for hydroxylation is 2. The first-order chi connectivity index (χ1) is 14.2. The molecule has 0 aliphatic rings. The summed E-state index contributed by atoms with van der Waals surface area (Å²) in [5.74, 6) is -0.605. The number of rotatable bonds is 3. The van der Waals surface area contributed by atoms with Crippen LogP contribution in [0.3, 0.4) is 0 Å². The van der Waals surface area contributed by atoms with E-state index in [2.05, 4.69) is 10.3 Å². The maximum absolute atomic E-state index is 12.9. The minimum absolute atomic E-state index is 0.0576. The van der Waals surface area contributed by atoms with E-state index in [1.807, 2.05) is 54.9 Å². The monoisotopic (exact) mass is 409 g/mol. The number of carbonyl (C=O) groups excluding carboxylic acids is 1. The molecule has 0 aliphatic carbocycles. The number of aromatic nitrogens is 2. The van der Waals surface area contributed by atoms with Gasteiger partial charge < -0.3 is 9.72 Å². The normalized spacial score (nSPS) is 11.6. The molecule has 2 aromatic heterocycles. The number of anilines is 1. The highest BCUT2D eigenvalue weighted by Crippen LogP contribution is 2.30. The molecule has 4 rings (SSSR count). The number of nitrogens with one attached hydrogen (secondary N) is 1. The van der Waals surface area contributed by atoms with Gasteiger partial charge in [0, 0.05) is 29.2 Å². The van der Waals surface area contributed by atoms with Crippen LogP contribution < -0.4 is 5.32 Å². The Morgan fingerprint density at radius 1 is 1.03 bits per heavy atom. The van der Waals surface area contributed by atoms with E-state index >= 15 is 0 Å². The third-order valence-corrected chi connectivity index (χ3v) is 4.85. The van der Waals surface area contributed by atoms with Crippen molar-refractivity contribution in [2.24, 2.45) is 0 Å². The van der Waals surface area contributed by atoms with Gasteiger partial charge in [0.15, 0.2) is 0 Å². The second-order valence-electron chi connectivity index (χ2n) is 7.16. The molecule has 0 saturated heterocycles. The van der Waals surface area contributed by atoms with E-state index in [0.717, 1.165) is 40.2 Å². The third-order valence-electron chi connectivity index (χ3n) is 4.85. The molecular formula is C23H18F3N3O. The Kier molecular flexibility index (Phi) is 4.81. The van der Waals surface area contributed by atoms with Crippen LogP contribution >= 0.6 is 0 Å². The molecule has 0 saturated carbocycles. The lowest BCUT2D eigenvalue weighted by molar-refractivity contribution is -0.137. The lowest BCUT2D eigenvalue weighted by Crippen LogP contribution is -2.14. The molecule has 0 aliphatic heterocycles. The Labute approximate surface area is 171 Å². The van der Waals surface area contributed by atoms with E-state index in [9.17, 15) is 18.0 Å². The highest BCUT2D eigenvalue weighted by Gasteiger charge is 2.30. The van der Waals surface area contributed by atoms with Crippen LogP contribution in [0.2, 0.25) is 0 Å². The number of amides is 1. The van der Waals surface area contributed by atoms with Gasteiger partial charge >= 0.3 is 6.18 Å². The second kappa shape index (κ2) is 7.33. The lowest BCUT2D eigenvalue weighted by atomic mass is 10.1. The molecule has 0 fully saturated rings. The fourth-order valence-electron chi connectivity index (χ4n) is 3.17. The molecule has 1 N–H and O–H groups in total. The van der Waals surface area contributed by atoms with Crippen molar-refractivity contribution < 1.29 is 18.0 Å². The van der Waals surface area contributed by atoms with Crippen LogP contribution in [0.25, 0.3) is 16.9 Å². The van der Waals surface area contributed by atoms with Crippen LogP contribution in [0, 0.1) is 13.8 Å². The number of imidazole rings is 1. The summed E-state index contributed by atoms with van der Waals surface area (Å²) >= 11 is 0. The number of hydrogen-bond donors (Lipinski definition) is 1. The summed E-state index contributed by atoms with van der Waals surface area (Å²) in [5, 5.41) is 2.72. The van der Waals surface area contributed by atoms with Crippen LogP contribution in [0.4, 0.5) is 18.9 Å². The van der Waals surface area contributed by atoms with Gasteiger partial charge in [0.2, 0.25) is 0 Å². The lowest BCUT2D eigenvalue weighted by Gasteiger charge is -2.12. The predicted octanol–water partition coefficient (Wildman–Crippen LogP) is 5.89. The standard InChI is InChI=1S/C23H18F3N3O/c1-14-8-9-29-13-20(27-21(29)10-14)16-7-6-15(2)19(12-16)28-22(30)17-4-3-5-18(11-17)23(24,25)26/h3-13H,1-2H3,(H,28,30). The third kappa shape index (κ3) is 3.91. The van der Waals surface area contributed by atoms with Crippen LogP contribution in [0.5, 0.6) is 0 Å². The van der Waals surface area contributed by atoms with Gasteiger partial charge in [-0.3, -0.25) is 4.79 Å². The highest BCUT2D eigenvalue weighted by atomic mass is 19.4. The molecule has 152 valence electrons. The number of alkyl halides is 3. The summed E-state index contributed by atoms with van der Waals surface area (Å²) in [5.41, 5.74) is 3.81. The summed E-state index contributed by atoms with van der Waals surface area (Å²) in [7, 11) is 0. The van der Waals surface area contributed by atoms with E-state index in [4.69, 9.17) is 0 Å². The van der Waals surface area contributed by atoms with E-state index < -0.39 is 17.6 Å². The van der Waals surface area contributed by atoms with Gasteiger partial charge in [-0.2, -0.15) is 13.2 Å². The summed E-state index contributed by atoms with van der Waals surface area (Å²) in [6.45, 7) is 3.81. The van der Waals surface area contributed by atoms with Crippen molar-refractivity contribution in [1.29, 1.82) is 0 Å². The molecule has 7 heteroatoms. The van der Waals surface area contributed by atoms with E-state index in [1.165, 1.54) is 12.1 Å². The largest absolute Gasteiger partial charge is 0.416 e. The number of benzene rings is 2. The zero-order chi connectivity index (χ0) is 21.5. The maximum atomic E-state index is 12.9. The molecule has 2 aromatic carbocycles. The number of fused-ring (bicyclic) bond motifs is 1. The molecule has 0 bridgehead atoms. The summed E-state index contributed by atoms with van der Waals surface area (Å²) < 4.78 is 40.7. The van der Waals surface area contributed by atoms with Crippen LogP contribution in [-0.4, -0.2) is 15.3 Å². The van der Waals surface area contributed by atoms with Crippen molar-refractivity contribution in [2.45, 2.75) is 20.0 Å². The predicted molar refractivity (Wildman–Crippen MR) is 109 cm³/mol. The van der Waals surface area contributed by atoms with Crippen molar-refractivity contribution in [1.82, 2.24) is 9.38 Å². The zero-order valence-electron chi connectivity index (χ0n) is 16.3. The van der Waals surface area contributed by atoms with Gasteiger partial charge in [-0.05, 0) is 61.4 Å². The molecule has 1 amide bonds. The number of hydrogen-bond acceptors (Lipinski definition) is 2. The van der Waals surface area contributed by atoms with Gasteiger partial charge in [-0.25, -0.2) is 4.98 Å². The minimum Gasteiger partial charge on any atom is -0.322 e. The van der Waals surface area contributed by atoms with Crippen molar-refractivity contribution in [3.05, 3.63) is 89.2 Å². The maximum Gasteiger partial charge on any atom is 0.416 e. The average molecular weight is 409 g/mol. The van der Waals surface area contributed by atoms with Crippen molar-refractivity contribution in [2.75, 3.05) is 5.32 Å². The first kappa shape index (κ1) is 19.7. The van der Waals surface area contributed by atoms with Crippen molar-refractivity contribution in [3.63, 3.8) is 0 Å². The zero-order valence-corrected chi connectivity index (χ0v) is 16.3. The number of pyridine rings is 1. The van der Waals surface area contributed by atoms with Crippen molar-refractivity contribution >= 4 is 17.2 Å². The summed E-state index contributed by atoms with van der Waals surface area (Å²) in [6, 6.07) is 13.8. The van der Waals surface area contributed by atoms with Gasteiger partial charge in [0.25, 0.3) is 5.91 Å². The molecule has 4 aromatic rings. The molecule has 2 heterocycles. The molecule has 0 atom stereocenters. The van der Waals surface area contributed by atoms with Gasteiger partial charge in [0.05, 0.1) is 11.3 Å². The summed E-state index contributed by atoms with van der Waals surface area (Å²) in [4.78, 5) is 17.2. The second-order valence-corrected chi connectivity index (χ2v) is 7.16. The molecule has 0 radical (unpaired) electrons. The molecule has 0 unspecified atom stereocenters. The fourth-order valence-corrected chi connectivity index (χ4v) is 3.17. The van der Waals surface area contributed by atoms with E-state index in [-0.39, 0.29) is 5.56 Å². The number of nitrogens with zero attached hydrogens (tertiary/aromatic N) is 2. The Balaban J connectivity index is 1.64. The molecule has 0 spiro atoms. The topological polar surface area (TPSA) is 46.4 Å². The molecular weight excluding hydrogens is 391 g/mol. The van der Waals surface area contributed by atoms with Gasteiger partial charge in [-0.1, -0.05) is 18.2 Å². The average Bonchev–Trinajstić information content (AvgIpc) is 3.12. The van der Waals surface area contributed by atoms with Gasteiger partial charge in [-0.15, -0.1) is 0 Å². The van der Waals surface area contributed by atoms with E-state index in [1.54, 1.807) is 6.07 Å². The Morgan fingerprint density at radius 2 is 1.83 bits per heavy atom.